The molecule has 19 heavy (non-hydrogen) atoms. The van der Waals surface area contributed by atoms with Crippen LogP contribution in [0.5, 0.6) is 5.75 Å². The Morgan fingerprint density at radius 1 is 1.11 bits per heavy atom. The normalized spacial score (nSPS) is 12.0. The first-order valence-electron chi connectivity index (χ1n) is 7.10. The highest BCUT2D eigenvalue weighted by Crippen LogP contribution is 2.29. The van der Waals surface area contributed by atoms with Crippen LogP contribution in [-0.2, 0) is 0 Å². The van der Waals surface area contributed by atoms with Crippen molar-refractivity contribution in [3.8, 4) is 5.75 Å². The smallest absolute Gasteiger partial charge is 0.123 e. The second-order valence-corrected chi connectivity index (χ2v) is 5.17. The number of aromatic hydroxyl groups is 1. The van der Waals surface area contributed by atoms with E-state index in [0.717, 1.165) is 17.4 Å². The number of allylic oxidation sites excluding steroid dienone is 1. The second-order valence-electron chi connectivity index (χ2n) is 5.17. The quantitative estimate of drug-likeness (QED) is 0.696. The summed E-state index contributed by atoms with van der Waals surface area (Å²) < 4.78 is 0. The maximum Gasteiger partial charge on any atom is 0.123 e. The first kappa shape index (κ1) is 13.7. The molecule has 0 radical (unpaired) electrons. The van der Waals surface area contributed by atoms with Gasteiger partial charge in [-0.05, 0) is 36.6 Å². The third-order valence-corrected chi connectivity index (χ3v) is 3.51. The largest absolute Gasteiger partial charge is 0.507 e. The Balaban J connectivity index is 2.33. The summed E-state index contributed by atoms with van der Waals surface area (Å²) in [5, 5.41) is 12.4. The molecular formula is C18H22O. The van der Waals surface area contributed by atoms with Crippen LogP contribution in [0, 0.1) is 0 Å². The summed E-state index contributed by atoms with van der Waals surface area (Å²) in [7, 11) is 0. The van der Waals surface area contributed by atoms with Crippen LogP contribution in [0.25, 0.3) is 16.8 Å². The SMILES string of the molecule is CCCCC/C(C)=C/c1c(O)ccc2ccccc12. The highest BCUT2D eigenvalue weighted by atomic mass is 16.3. The van der Waals surface area contributed by atoms with E-state index in [-0.39, 0.29) is 0 Å². The van der Waals surface area contributed by atoms with Gasteiger partial charge in [0.25, 0.3) is 0 Å². The summed E-state index contributed by atoms with van der Waals surface area (Å²) in [6, 6.07) is 12.0. The van der Waals surface area contributed by atoms with Crippen LogP contribution in [0.3, 0.4) is 0 Å². The maximum atomic E-state index is 10.1. The predicted octanol–water partition coefficient (Wildman–Crippen LogP) is 5.53. The minimum Gasteiger partial charge on any atom is -0.507 e. The summed E-state index contributed by atoms with van der Waals surface area (Å²) >= 11 is 0. The molecule has 1 heteroatoms. The van der Waals surface area contributed by atoms with Crippen LogP contribution < -0.4 is 0 Å². The number of hydrogen-bond acceptors (Lipinski definition) is 1. The number of hydrogen-bond donors (Lipinski definition) is 1. The van der Waals surface area contributed by atoms with Crippen molar-refractivity contribution >= 4 is 16.8 Å². The fourth-order valence-corrected chi connectivity index (χ4v) is 2.41. The van der Waals surface area contributed by atoms with Gasteiger partial charge in [-0.1, -0.05) is 61.7 Å². The molecule has 1 nitrogen and oxygen atoms in total. The van der Waals surface area contributed by atoms with E-state index in [2.05, 4.69) is 32.1 Å². The monoisotopic (exact) mass is 254 g/mol. The summed E-state index contributed by atoms with van der Waals surface area (Å²) in [4.78, 5) is 0. The number of benzene rings is 2. The Morgan fingerprint density at radius 3 is 2.68 bits per heavy atom. The third-order valence-electron chi connectivity index (χ3n) is 3.51. The van der Waals surface area contributed by atoms with Gasteiger partial charge in [0.05, 0.1) is 0 Å². The van der Waals surface area contributed by atoms with E-state index in [0.29, 0.717) is 5.75 Å². The Hall–Kier alpha value is -1.76. The van der Waals surface area contributed by atoms with Gasteiger partial charge in [0.1, 0.15) is 5.75 Å². The lowest BCUT2D eigenvalue weighted by atomic mass is 10.00. The van der Waals surface area contributed by atoms with Crippen molar-refractivity contribution in [3.05, 3.63) is 47.5 Å². The van der Waals surface area contributed by atoms with E-state index in [1.807, 2.05) is 18.2 Å². The van der Waals surface area contributed by atoms with Crippen molar-refractivity contribution < 1.29 is 5.11 Å². The molecule has 0 aromatic heterocycles. The molecule has 0 aliphatic heterocycles. The van der Waals surface area contributed by atoms with Crippen molar-refractivity contribution in [3.63, 3.8) is 0 Å². The van der Waals surface area contributed by atoms with Crippen LogP contribution in [-0.4, -0.2) is 5.11 Å². The van der Waals surface area contributed by atoms with E-state index in [9.17, 15) is 5.11 Å². The third kappa shape index (κ3) is 3.37. The van der Waals surface area contributed by atoms with Crippen molar-refractivity contribution in [2.75, 3.05) is 0 Å². The standard InChI is InChI=1S/C18H22O/c1-3-4-5-8-14(2)13-17-16-10-7-6-9-15(16)11-12-18(17)19/h6-7,9-13,19H,3-5,8H2,1-2H3/b14-13+. The van der Waals surface area contributed by atoms with E-state index in [4.69, 9.17) is 0 Å². The molecular weight excluding hydrogens is 232 g/mol. The maximum absolute atomic E-state index is 10.1. The van der Waals surface area contributed by atoms with Crippen LogP contribution in [0.1, 0.15) is 45.1 Å². The molecule has 0 heterocycles. The molecule has 0 saturated heterocycles. The highest BCUT2D eigenvalue weighted by molar-refractivity contribution is 5.93. The molecule has 2 aromatic carbocycles. The van der Waals surface area contributed by atoms with Gasteiger partial charge in [-0.2, -0.15) is 0 Å². The molecule has 0 bridgehead atoms. The number of fused-ring (bicyclic) bond motifs is 1. The molecule has 0 atom stereocenters. The van der Waals surface area contributed by atoms with Gasteiger partial charge < -0.3 is 5.11 Å². The zero-order valence-electron chi connectivity index (χ0n) is 11.8. The molecule has 2 rings (SSSR count). The van der Waals surface area contributed by atoms with Crippen molar-refractivity contribution in [1.29, 1.82) is 0 Å². The van der Waals surface area contributed by atoms with Crippen molar-refractivity contribution in [2.24, 2.45) is 0 Å². The van der Waals surface area contributed by atoms with E-state index in [1.165, 1.54) is 30.2 Å². The zero-order valence-corrected chi connectivity index (χ0v) is 11.8. The fourth-order valence-electron chi connectivity index (χ4n) is 2.41. The molecule has 1 N–H and O–H groups in total. The molecule has 0 spiro atoms. The summed E-state index contributed by atoms with van der Waals surface area (Å²) in [5.74, 6) is 0.369. The van der Waals surface area contributed by atoms with Crippen molar-refractivity contribution in [2.45, 2.75) is 39.5 Å². The number of phenols is 1. The van der Waals surface area contributed by atoms with Gasteiger partial charge in [-0.15, -0.1) is 0 Å². The summed E-state index contributed by atoms with van der Waals surface area (Å²) in [6.45, 7) is 4.37. The van der Waals surface area contributed by atoms with Crippen molar-refractivity contribution in [1.82, 2.24) is 0 Å². The predicted molar refractivity (Wildman–Crippen MR) is 83.4 cm³/mol. The van der Waals surface area contributed by atoms with Gasteiger partial charge in [-0.3, -0.25) is 0 Å². The van der Waals surface area contributed by atoms with Crippen LogP contribution in [0.2, 0.25) is 0 Å². The number of phenolic OH excluding ortho intramolecular Hbond substituents is 1. The minimum atomic E-state index is 0.369. The first-order valence-corrected chi connectivity index (χ1v) is 7.10. The summed E-state index contributed by atoms with van der Waals surface area (Å²) in [5.41, 5.74) is 2.28. The molecule has 0 fully saturated rings. The Labute approximate surface area is 115 Å². The van der Waals surface area contributed by atoms with Crippen LogP contribution in [0.4, 0.5) is 0 Å². The average Bonchev–Trinajstić information content (AvgIpc) is 2.42. The zero-order chi connectivity index (χ0) is 13.7. The molecule has 0 amide bonds. The molecule has 0 saturated carbocycles. The number of unbranched alkanes of at least 4 members (excludes halogenated alkanes) is 2. The van der Waals surface area contributed by atoms with E-state index >= 15 is 0 Å². The minimum absolute atomic E-state index is 0.369. The Morgan fingerprint density at radius 2 is 1.89 bits per heavy atom. The lowest BCUT2D eigenvalue weighted by Crippen LogP contribution is -1.83. The van der Waals surface area contributed by atoms with Gasteiger partial charge in [0.2, 0.25) is 0 Å². The topological polar surface area (TPSA) is 20.2 Å². The summed E-state index contributed by atoms with van der Waals surface area (Å²) in [6.07, 6.45) is 6.98. The second kappa shape index (κ2) is 6.42. The molecule has 0 aliphatic carbocycles. The molecule has 100 valence electrons. The Bertz CT molecular complexity index is 581. The van der Waals surface area contributed by atoms with Gasteiger partial charge in [0.15, 0.2) is 0 Å². The van der Waals surface area contributed by atoms with E-state index in [1.54, 1.807) is 6.07 Å². The molecule has 0 unspecified atom stereocenters. The Kier molecular flexibility index (Phi) is 4.62. The van der Waals surface area contributed by atoms with Crippen LogP contribution in [0.15, 0.2) is 42.0 Å². The molecule has 0 aliphatic rings. The van der Waals surface area contributed by atoms with E-state index < -0.39 is 0 Å². The van der Waals surface area contributed by atoms with Gasteiger partial charge in [0, 0.05) is 5.56 Å². The lowest BCUT2D eigenvalue weighted by molar-refractivity contribution is 0.475. The lowest BCUT2D eigenvalue weighted by Gasteiger charge is -2.07. The van der Waals surface area contributed by atoms with Crippen LogP contribution >= 0.6 is 0 Å². The molecule has 2 aromatic rings. The van der Waals surface area contributed by atoms with Gasteiger partial charge in [-0.25, -0.2) is 0 Å². The average molecular weight is 254 g/mol. The number of rotatable bonds is 5. The fraction of sp³-hybridized carbons (Fsp3) is 0.333. The highest BCUT2D eigenvalue weighted by Gasteiger charge is 2.04. The first-order chi connectivity index (χ1) is 9.22. The van der Waals surface area contributed by atoms with Gasteiger partial charge >= 0.3 is 0 Å².